The Morgan fingerprint density at radius 3 is 3.00 bits per heavy atom. The van der Waals surface area contributed by atoms with Gasteiger partial charge in [-0.25, -0.2) is 4.98 Å². The molecule has 0 aliphatic heterocycles. The molecule has 0 aliphatic rings. The molecule has 0 bridgehead atoms. The number of rotatable bonds is 2. The molecule has 0 aliphatic carbocycles. The van der Waals surface area contributed by atoms with E-state index in [-0.39, 0.29) is 6.61 Å². The number of imidazole rings is 1. The van der Waals surface area contributed by atoms with Crippen molar-refractivity contribution in [2.75, 3.05) is 7.11 Å². The zero-order valence-electron chi connectivity index (χ0n) is 7.57. The predicted octanol–water partition coefficient (Wildman–Crippen LogP) is 1.60. The van der Waals surface area contributed by atoms with Gasteiger partial charge in [0.1, 0.15) is 11.4 Å². The first-order valence-corrected chi connectivity index (χ1v) is 4.86. The van der Waals surface area contributed by atoms with Gasteiger partial charge in [0.15, 0.2) is 0 Å². The molecule has 14 heavy (non-hydrogen) atoms. The van der Waals surface area contributed by atoms with Crippen LogP contribution in [0.1, 0.15) is 5.69 Å². The van der Waals surface area contributed by atoms with Crippen molar-refractivity contribution in [3.05, 3.63) is 28.6 Å². The molecule has 0 saturated heterocycles. The van der Waals surface area contributed by atoms with Crippen molar-refractivity contribution in [1.29, 1.82) is 0 Å². The Balaban J connectivity index is 2.64. The van der Waals surface area contributed by atoms with Gasteiger partial charge in [0.05, 0.1) is 23.9 Å². The maximum atomic E-state index is 8.92. The van der Waals surface area contributed by atoms with Crippen molar-refractivity contribution in [3.8, 4) is 5.75 Å². The van der Waals surface area contributed by atoms with E-state index in [4.69, 9.17) is 9.84 Å². The molecular weight excluding hydrogens is 248 g/mol. The number of aromatic nitrogens is 2. The number of halogens is 1. The largest absolute Gasteiger partial charge is 0.495 e. The lowest BCUT2D eigenvalue weighted by Crippen LogP contribution is -1.88. The van der Waals surface area contributed by atoms with Crippen LogP contribution in [0.3, 0.4) is 0 Å². The standard InChI is InChI=1S/C9H9BrN2O2/c1-14-8-2-9-11-6(5-13)3-12(9)4-7(8)10/h2-4,13H,5H2,1H3. The SMILES string of the molecule is COc1cc2nc(CO)cn2cc1Br. The first kappa shape index (κ1) is 9.48. The van der Waals surface area contributed by atoms with Gasteiger partial charge in [-0.2, -0.15) is 0 Å². The minimum Gasteiger partial charge on any atom is -0.495 e. The van der Waals surface area contributed by atoms with E-state index < -0.39 is 0 Å². The lowest BCUT2D eigenvalue weighted by Gasteiger charge is -2.02. The Labute approximate surface area is 89.3 Å². The number of hydrogen-bond donors (Lipinski definition) is 1. The lowest BCUT2D eigenvalue weighted by molar-refractivity contribution is 0.277. The average Bonchev–Trinajstić information content (AvgIpc) is 2.58. The second-order valence-electron chi connectivity index (χ2n) is 2.85. The highest BCUT2D eigenvalue weighted by molar-refractivity contribution is 9.10. The molecule has 0 radical (unpaired) electrons. The number of ether oxygens (including phenoxy) is 1. The summed E-state index contributed by atoms with van der Waals surface area (Å²) in [5.74, 6) is 0.729. The Hall–Kier alpha value is -1.07. The fraction of sp³-hybridized carbons (Fsp3) is 0.222. The number of nitrogens with zero attached hydrogens (tertiary/aromatic N) is 2. The van der Waals surface area contributed by atoms with Gasteiger partial charge in [-0.3, -0.25) is 0 Å². The van der Waals surface area contributed by atoms with Crippen LogP contribution < -0.4 is 4.74 Å². The van der Waals surface area contributed by atoms with E-state index >= 15 is 0 Å². The van der Waals surface area contributed by atoms with Gasteiger partial charge in [-0.05, 0) is 15.9 Å². The van der Waals surface area contributed by atoms with Gasteiger partial charge < -0.3 is 14.2 Å². The van der Waals surface area contributed by atoms with Gasteiger partial charge in [-0.1, -0.05) is 0 Å². The molecule has 2 rings (SSSR count). The topological polar surface area (TPSA) is 46.8 Å². The lowest BCUT2D eigenvalue weighted by atomic mass is 10.4. The van der Waals surface area contributed by atoms with Crippen LogP contribution >= 0.6 is 15.9 Å². The van der Waals surface area contributed by atoms with Crippen LogP contribution in [0.5, 0.6) is 5.75 Å². The summed E-state index contributed by atoms with van der Waals surface area (Å²) in [4.78, 5) is 4.19. The van der Waals surface area contributed by atoms with E-state index in [9.17, 15) is 0 Å². The van der Waals surface area contributed by atoms with Gasteiger partial charge in [0, 0.05) is 18.5 Å². The van der Waals surface area contributed by atoms with Crippen molar-refractivity contribution in [1.82, 2.24) is 9.38 Å². The van der Waals surface area contributed by atoms with E-state index in [1.807, 2.05) is 16.7 Å². The maximum Gasteiger partial charge on any atom is 0.140 e. The summed E-state index contributed by atoms with van der Waals surface area (Å²) in [5.41, 5.74) is 1.40. The smallest absolute Gasteiger partial charge is 0.140 e. The monoisotopic (exact) mass is 256 g/mol. The zero-order valence-corrected chi connectivity index (χ0v) is 9.15. The quantitative estimate of drug-likeness (QED) is 0.888. The fourth-order valence-electron chi connectivity index (χ4n) is 1.28. The Kier molecular flexibility index (Phi) is 2.43. The summed E-state index contributed by atoms with van der Waals surface area (Å²) in [5, 5.41) is 8.92. The van der Waals surface area contributed by atoms with Crippen LogP contribution in [0, 0.1) is 0 Å². The molecular formula is C9H9BrN2O2. The molecule has 2 aromatic heterocycles. The number of hydrogen-bond acceptors (Lipinski definition) is 3. The summed E-state index contributed by atoms with van der Waals surface area (Å²) in [6, 6.07) is 1.81. The van der Waals surface area contributed by atoms with Gasteiger partial charge in [0.2, 0.25) is 0 Å². The molecule has 1 N–H and O–H groups in total. The van der Waals surface area contributed by atoms with Crippen LogP contribution in [-0.2, 0) is 6.61 Å². The molecule has 74 valence electrons. The van der Waals surface area contributed by atoms with Crippen molar-refractivity contribution in [3.63, 3.8) is 0 Å². The highest BCUT2D eigenvalue weighted by Gasteiger charge is 2.05. The minimum absolute atomic E-state index is 0.0540. The van der Waals surface area contributed by atoms with E-state index in [1.54, 1.807) is 13.3 Å². The number of aliphatic hydroxyl groups excluding tert-OH is 1. The normalized spacial score (nSPS) is 10.8. The molecule has 4 nitrogen and oxygen atoms in total. The zero-order chi connectivity index (χ0) is 10.1. The molecule has 0 fully saturated rings. The third kappa shape index (κ3) is 1.49. The maximum absolute atomic E-state index is 8.92. The van der Waals surface area contributed by atoms with Gasteiger partial charge >= 0.3 is 0 Å². The third-order valence-corrected chi connectivity index (χ3v) is 2.54. The van der Waals surface area contributed by atoms with Crippen molar-refractivity contribution >= 4 is 21.6 Å². The molecule has 5 heteroatoms. The van der Waals surface area contributed by atoms with Crippen LogP contribution in [0.15, 0.2) is 22.9 Å². The molecule has 0 unspecified atom stereocenters. The van der Waals surface area contributed by atoms with E-state index in [1.165, 1.54) is 0 Å². The molecule has 0 atom stereocenters. The number of aliphatic hydroxyl groups is 1. The Bertz CT molecular complexity index is 467. The summed E-state index contributed by atoms with van der Waals surface area (Å²) in [6.07, 6.45) is 3.62. The average molecular weight is 257 g/mol. The molecule has 0 aromatic carbocycles. The second-order valence-corrected chi connectivity index (χ2v) is 3.70. The molecule has 0 saturated carbocycles. The van der Waals surface area contributed by atoms with Crippen LogP contribution in [0.25, 0.3) is 5.65 Å². The number of methoxy groups -OCH3 is 1. The van der Waals surface area contributed by atoms with Gasteiger partial charge in [-0.15, -0.1) is 0 Å². The van der Waals surface area contributed by atoms with E-state index in [2.05, 4.69) is 20.9 Å². The first-order valence-electron chi connectivity index (χ1n) is 4.06. The second kappa shape index (κ2) is 3.59. The van der Waals surface area contributed by atoms with Crippen molar-refractivity contribution < 1.29 is 9.84 Å². The molecule has 2 aromatic rings. The van der Waals surface area contributed by atoms with E-state index in [0.717, 1.165) is 15.9 Å². The van der Waals surface area contributed by atoms with Crippen molar-refractivity contribution in [2.45, 2.75) is 6.61 Å². The summed E-state index contributed by atoms with van der Waals surface area (Å²) in [7, 11) is 1.60. The highest BCUT2D eigenvalue weighted by Crippen LogP contribution is 2.25. The Morgan fingerprint density at radius 1 is 1.57 bits per heavy atom. The van der Waals surface area contributed by atoms with Gasteiger partial charge in [0.25, 0.3) is 0 Å². The molecule has 0 spiro atoms. The predicted molar refractivity (Wildman–Crippen MR) is 55.4 cm³/mol. The van der Waals surface area contributed by atoms with E-state index in [0.29, 0.717) is 5.69 Å². The molecule has 2 heterocycles. The minimum atomic E-state index is -0.0540. The summed E-state index contributed by atoms with van der Waals surface area (Å²) >= 11 is 3.37. The Morgan fingerprint density at radius 2 is 2.36 bits per heavy atom. The van der Waals surface area contributed by atoms with Crippen LogP contribution in [0.4, 0.5) is 0 Å². The fourth-order valence-corrected chi connectivity index (χ4v) is 1.77. The number of pyridine rings is 1. The van der Waals surface area contributed by atoms with Crippen LogP contribution in [0.2, 0.25) is 0 Å². The number of fused-ring (bicyclic) bond motifs is 1. The molecule has 0 amide bonds. The van der Waals surface area contributed by atoms with Crippen LogP contribution in [-0.4, -0.2) is 21.6 Å². The highest BCUT2D eigenvalue weighted by atomic mass is 79.9. The first-order chi connectivity index (χ1) is 6.74. The third-order valence-electron chi connectivity index (χ3n) is 1.94. The summed E-state index contributed by atoms with van der Waals surface area (Å²) in [6.45, 7) is -0.0540. The summed E-state index contributed by atoms with van der Waals surface area (Å²) < 4.78 is 7.82. The van der Waals surface area contributed by atoms with Crippen molar-refractivity contribution in [2.24, 2.45) is 0 Å².